The van der Waals surface area contributed by atoms with Crippen molar-refractivity contribution >= 4 is 16.7 Å². The zero-order valence-corrected chi connectivity index (χ0v) is 11.9. The Morgan fingerprint density at radius 2 is 1.80 bits per heavy atom. The van der Waals surface area contributed by atoms with Crippen molar-refractivity contribution in [2.75, 3.05) is 0 Å². The molecular formula is C17H21NO2. The molecule has 0 aromatic heterocycles. The van der Waals surface area contributed by atoms with Crippen LogP contribution < -0.4 is 5.73 Å². The zero-order valence-electron chi connectivity index (χ0n) is 11.9. The van der Waals surface area contributed by atoms with E-state index in [1.165, 1.54) is 5.39 Å². The molecule has 3 atom stereocenters. The molecule has 0 saturated heterocycles. The van der Waals surface area contributed by atoms with Gasteiger partial charge < -0.3 is 10.8 Å². The predicted octanol–water partition coefficient (Wildman–Crippen LogP) is 3.38. The highest BCUT2D eigenvalue weighted by Crippen LogP contribution is 2.32. The molecule has 0 spiro atoms. The topological polar surface area (TPSA) is 63.3 Å². The summed E-state index contributed by atoms with van der Waals surface area (Å²) in [6.45, 7) is 3.68. The second kappa shape index (κ2) is 6.06. The number of fused-ring (bicyclic) bond motifs is 1. The summed E-state index contributed by atoms with van der Waals surface area (Å²) in [5.74, 6) is -1.12. The summed E-state index contributed by atoms with van der Waals surface area (Å²) in [6, 6.07) is 14.2. The van der Waals surface area contributed by atoms with Crippen molar-refractivity contribution in [3.05, 3.63) is 48.0 Å². The third-order valence-corrected chi connectivity index (χ3v) is 3.89. The van der Waals surface area contributed by atoms with Crippen LogP contribution in [0, 0.1) is 5.92 Å². The van der Waals surface area contributed by atoms with Crippen LogP contribution in [0.5, 0.6) is 0 Å². The van der Waals surface area contributed by atoms with Gasteiger partial charge in [0, 0.05) is 12.0 Å². The van der Waals surface area contributed by atoms with Gasteiger partial charge in [-0.05, 0) is 29.7 Å². The molecule has 0 aliphatic rings. The van der Waals surface area contributed by atoms with Gasteiger partial charge >= 0.3 is 5.97 Å². The van der Waals surface area contributed by atoms with Crippen LogP contribution in [0.25, 0.3) is 10.8 Å². The number of benzene rings is 2. The predicted molar refractivity (Wildman–Crippen MR) is 81.8 cm³/mol. The molecule has 0 aliphatic carbocycles. The van der Waals surface area contributed by atoms with Gasteiger partial charge in [-0.2, -0.15) is 0 Å². The first-order valence-corrected chi connectivity index (χ1v) is 6.96. The minimum absolute atomic E-state index is 0.0483. The molecule has 3 N–H and O–H groups in total. The molecule has 2 rings (SSSR count). The number of carboxylic acid groups (broad SMARTS) is 1. The van der Waals surface area contributed by atoms with Crippen LogP contribution in [0.2, 0.25) is 0 Å². The van der Waals surface area contributed by atoms with Gasteiger partial charge in [-0.25, -0.2) is 0 Å². The molecule has 2 aromatic rings. The Bertz CT molecular complexity index is 601. The van der Waals surface area contributed by atoms with E-state index in [1.807, 2.05) is 25.1 Å². The van der Waals surface area contributed by atoms with Crippen LogP contribution in [-0.4, -0.2) is 17.1 Å². The van der Waals surface area contributed by atoms with Crippen molar-refractivity contribution in [2.24, 2.45) is 11.7 Å². The molecule has 3 nitrogen and oxygen atoms in total. The highest BCUT2D eigenvalue weighted by molar-refractivity contribution is 5.86. The molecule has 0 amide bonds. The Labute approximate surface area is 119 Å². The molecule has 3 heteroatoms. The fourth-order valence-corrected chi connectivity index (χ4v) is 2.68. The minimum atomic E-state index is -0.768. The number of rotatable bonds is 5. The number of carbonyl (C=O) groups is 1. The molecule has 0 saturated carbocycles. The van der Waals surface area contributed by atoms with E-state index in [4.69, 9.17) is 10.8 Å². The SMILES string of the molecule is CC(CC(c1cccc2ccccc12)C(C)N)C(=O)O. The van der Waals surface area contributed by atoms with Crippen LogP contribution in [0.4, 0.5) is 0 Å². The first-order valence-electron chi connectivity index (χ1n) is 6.96. The summed E-state index contributed by atoms with van der Waals surface area (Å²) < 4.78 is 0. The first-order chi connectivity index (χ1) is 9.50. The summed E-state index contributed by atoms with van der Waals surface area (Å²) in [4.78, 5) is 11.1. The number of hydrogen-bond acceptors (Lipinski definition) is 2. The minimum Gasteiger partial charge on any atom is -0.481 e. The Kier molecular flexibility index (Phi) is 4.40. The monoisotopic (exact) mass is 271 g/mol. The van der Waals surface area contributed by atoms with Gasteiger partial charge in [0.25, 0.3) is 0 Å². The van der Waals surface area contributed by atoms with Gasteiger partial charge in [0.2, 0.25) is 0 Å². The van der Waals surface area contributed by atoms with E-state index in [2.05, 4.69) is 24.3 Å². The Hall–Kier alpha value is -1.87. The lowest BCUT2D eigenvalue weighted by Crippen LogP contribution is -2.28. The van der Waals surface area contributed by atoms with Gasteiger partial charge in [0.05, 0.1) is 5.92 Å². The molecule has 0 heterocycles. The molecule has 106 valence electrons. The maximum Gasteiger partial charge on any atom is 0.306 e. The van der Waals surface area contributed by atoms with Gasteiger partial charge in [-0.15, -0.1) is 0 Å². The van der Waals surface area contributed by atoms with Crippen LogP contribution >= 0.6 is 0 Å². The van der Waals surface area contributed by atoms with E-state index in [1.54, 1.807) is 6.92 Å². The van der Waals surface area contributed by atoms with Crippen LogP contribution in [0.1, 0.15) is 31.7 Å². The van der Waals surface area contributed by atoms with E-state index in [-0.39, 0.29) is 12.0 Å². The third-order valence-electron chi connectivity index (χ3n) is 3.89. The zero-order chi connectivity index (χ0) is 14.7. The van der Waals surface area contributed by atoms with Gasteiger partial charge in [0.15, 0.2) is 0 Å². The van der Waals surface area contributed by atoms with Crippen molar-refractivity contribution in [1.82, 2.24) is 0 Å². The van der Waals surface area contributed by atoms with Crippen molar-refractivity contribution in [1.29, 1.82) is 0 Å². The Morgan fingerprint density at radius 3 is 2.45 bits per heavy atom. The van der Waals surface area contributed by atoms with Crippen LogP contribution in [0.15, 0.2) is 42.5 Å². The normalized spacial score (nSPS) is 15.8. The van der Waals surface area contributed by atoms with E-state index < -0.39 is 11.9 Å². The van der Waals surface area contributed by atoms with Crippen molar-refractivity contribution in [3.8, 4) is 0 Å². The molecule has 0 aliphatic heterocycles. The fourth-order valence-electron chi connectivity index (χ4n) is 2.68. The largest absolute Gasteiger partial charge is 0.481 e. The third kappa shape index (κ3) is 2.99. The molecule has 0 fully saturated rings. The summed E-state index contributed by atoms with van der Waals surface area (Å²) in [6.07, 6.45) is 0.557. The van der Waals surface area contributed by atoms with E-state index >= 15 is 0 Å². The lowest BCUT2D eigenvalue weighted by atomic mass is 9.83. The number of hydrogen-bond donors (Lipinski definition) is 2. The van der Waals surface area contributed by atoms with Crippen LogP contribution in [0.3, 0.4) is 0 Å². The lowest BCUT2D eigenvalue weighted by molar-refractivity contribution is -0.141. The molecule has 0 radical (unpaired) electrons. The van der Waals surface area contributed by atoms with Gasteiger partial charge in [0.1, 0.15) is 0 Å². The molecule has 2 aromatic carbocycles. The van der Waals surface area contributed by atoms with Crippen molar-refractivity contribution < 1.29 is 9.90 Å². The standard InChI is InChI=1S/C17H21NO2/c1-11(17(19)20)10-16(12(2)18)15-9-5-7-13-6-3-4-8-14(13)15/h3-9,11-12,16H,10,18H2,1-2H3,(H,19,20). The maximum absolute atomic E-state index is 11.1. The Morgan fingerprint density at radius 1 is 1.15 bits per heavy atom. The van der Waals surface area contributed by atoms with Crippen molar-refractivity contribution in [2.45, 2.75) is 32.2 Å². The number of carboxylic acids is 1. The quantitative estimate of drug-likeness (QED) is 0.876. The van der Waals surface area contributed by atoms with E-state index in [0.29, 0.717) is 6.42 Å². The molecular weight excluding hydrogens is 250 g/mol. The van der Waals surface area contributed by atoms with Gasteiger partial charge in [-0.3, -0.25) is 4.79 Å². The van der Waals surface area contributed by atoms with E-state index in [9.17, 15) is 4.79 Å². The van der Waals surface area contributed by atoms with Gasteiger partial charge in [-0.1, -0.05) is 49.4 Å². The Balaban J connectivity index is 2.44. The first kappa shape index (κ1) is 14.5. The second-order valence-corrected chi connectivity index (χ2v) is 5.51. The highest BCUT2D eigenvalue weighted by Gasteiger charge is 2.24. The second-order valence-electron chi connectivity index (χ2n) is 5.51. The summed E-state index contributed by atoms with van der Waals surface area (Å²) in [5.41, 5.74) is 7.26. The molecule has 20 heavy (non-hydrogen) atoms. The average molecular weight is 271 g/mol. The summed E-state index contributed by atoms with van der Waals surface area (Å²) in [7, 11) is 0. The summed E-state index contributed by atoms with van der Waals surface area (Å²) in [5, 5.41) is 11.5. The molecule has 0 bridgehead atoms. The number of nitrogens with two attached hydrogens (primary N) is 1. The lowest BCUT2D eigenvalue weighted by Gasteiger charge is -2.24. The van der Waals surface area contributed by atoms with E-state index in [0.717, 1.165) is 10.9 Å². The summed E-state index contributed by atoms with van der Waals surface area (Å²) >= 11 is 0. The molecule has 3 unspecified atom stereocenters. The highest BCUT2D eigenvalue weighted by atomic mass is 16.4. The maximum atomic E-state index is 11.1. The van der Waals surface area contributed by atoms with Crippen molar-refractivity contribution in [3.63, 3.8) is 0 Å². The van der Waals surface area contributed by atoms with Crippen LogP contribution in [-0.2, 0) is 4.79 Å². The fraction of sp³-hybridized carbons (Fsp3) is 0.353. The average Bonchev–Trinajstić information content (AvgIpc) is 2.43. The smallest absolute Gasteiger partial charge is 0.306 e. The number of aliphatic carboxylic acids is 1.